The molecule has 8 nitrogen and oxygen atoms in total. The van der Waals surface area contributed by atoms with E-state index in [1.54, 1.807) is 13.3 Å². The second-order valence-corrected chi connectivity index (χ2v) is 9.68. The van der Waals surface area contributed by atoms with Crippen LogP contribution in [0.5, 0.6) is 0 Å². The molecule has 36 heavy (non-hydrogen) atoms. The van der Waals surface area contributed by atoms with E-state index in [4.69, 9.17) is 9.47 Å². The highest BCUT2D eigenvalue weighted by molar-refractivity contribution is 5.92. The van der Waals surface area contributed by atoms with E-state index in [9.17, 15) is 9.59 Å². The van der Waals surface area contributed by atoms with Crippen LogP contribution >= 0.6 is 0 Å². The molecular formula is C28H46N4O4. The lowest BCUT2D eigenvalue weighted by Gasteiger charge is -2.35. The van der Waals surface area contributed by atoms with Crippen LogP contribution in [-0.2, 0) is 25.6 Å². The normalized spacial score (nSPS) is 21.6. The Morgan fingerprint density at radius 2 is 2.00 bits per heavy atom. The molecule has 0 aromatic heterocycles. The summed E-state index contributed by atoms with van der Waals surface area (Å²) < 4.78 is 9.91. The number of piperidine rings is 1. The van der Waals surface area contributed by atoms with Crippen LogP contribution in [0.2, 0.25) is 0 Å². The zero-order chi connectivity index (χ0) is 26.0. The Hall–Kier alpha value is -2.42. The number of amides is 1. The molecule has 1 heterocycles. The monoisotopic (exact) mass is 502 g/mol. The van der Waals surface area contributed by atoms with E-state index in [0.29, 0.717) is 31.1 Å². The number of nitrogens with one attached hydrogen (secondary N) is 3. The van der Waals surface area contributed by atoms with E-state index in [1.165, 1.54) is 24.8 Å². The quantitative estimate of drug-likeness (QED) is 0.205. The number of carbonyl (C=O) groups excluding carboxylic acids is 2. The molecule has 0 bridgehead atoms. The first-order valence-electron chi connectivity index (χ1n) is 13.3. The van der Waals surface area contributed by atoms with Crippen LogP contribution < -0.4 is 16.0 Å². The summed E-state index contributed by atoms with van der Waals surface area (Å²) in [7, 11) is 1.72. The Morgan fingerprint density at radius 3 is 2.64 bits per heavy atom. The third-order valence-electron chi connectivity index (χ3n) is 6.59. The molecular weight excluding hydrogens is 456 g/mol. The molecule has 1 aliphatic heterocycles. The molecule has 1 amide bonds. The number of hydrogen-bond acceptors (Lipinski definition) is 7. The molecule has 0 radical (unpaired) electrons. The van der Waals surface area contributed by atoms with Crippen LogP contribution in [0.1, 0.15) is 51.5 Å². The lowest BCUT2D eigenvalue weighted by atomic mass is 9.81. The second-order valence-electron chi connectivity index (χ2n) is 9.68. The minimum atomic E-state index is 0.0295. The first kappa shape index (κ1) is 29.8. The summed E-state index contributed by atoms with van der Waals surface area (Å²) in [4.78, 5) is 24.3. The van der Waals surface area contributed by atoms with Crippen molar-refractivity contribution in [2.75, 3.05) is 46.5 Å². The third kappa shape index (κ3) is 12.0. The zero-order valence-corrected chi connectivity index (χ0v) is 22.3. The van der Waals surface area contributed by atoms with Gasteiger partial charge in [0.05, 0.1) is 0 Å². The van der Waals surface area contributed by atoms with Gasteiger partial charge in [0.15, 0.2) is 0 Å². The van der Waals surface area contributed by atoms with Crippen molar-refractivity contribution in [3.05, 3.63) is 47.7 Å². The molecule has 2 fully saturated rings. The molecule has 3 N–H and O–H groups in total. The predicted molar refractivity (Wildman–Crippen MR) is 143 cm³/mol. The molecule has 1 aliphatic carbocycles. The summed E-state index contributed by atoms with van der Waals surface area (Å²) in [6.45, 7) is 10.3. The van der Waals surface area contributed by atoms with Crippen molar-refractivity contribution >= 4 is 12.4 Å². The minimum Gasteiger partial charge on any atom is -0.467 e. The number of nitrogens with zero attached hydrogens (tertiary/aromatic N) is 1. The largest absolute Gasteiger partial charge is 0.467 e. The molecule has 1 saturated heterocycles. The van der Waals surface area contributed by atoms with Crippen LogP contribution in [0.3, 0.4) is 0 Å². The second kappa shape index (κ2) is 17.9. The highest BCUT2D eigenvalue weighted by atomic mass is 16.5. The molecule has 8 heteroatoms. The van der Waals surface area contributed by atoms with E-state index < -0.39 is 0 Å². The summed E-state index contributed by atoms with van der Waals surface area (Å²) in [5.74, 6) is 0.648. The average molecular weight is 503 g/mol. The van der Waals surface area contributed by atoms with E-state index in [-0.39, 0.29) is 5.91 Å². The fourth-order valence-corrected chi connectivity index (χ4v) is 4.54. The lowest BCUT2D eigenvalue weighted by Crippen LogP contribution is -2.45. The van der Waals surface area contributed by atoms with Crippen molar-refractivity contribution in [2.24, 2.45) is 5.92 Å². The molecule has 2 aliphatic rings. The van der Waals surface area contributed by atoms with Gasteiger partial charge in [-0.25, -0.2) is 0 Å². The number of benzene rings is 1. The SMILES string of the molecule is CCN/C=C(/C)C(=O)NC1CC(COC)C1.O=COCCN(Cc1ccccc1)CC1CCCCN1. The average Bonchev–Trinajstić information content (AvgIpc) is 2.87. The Kier molecular flexibility index (Phi) is 14.8. The van der Waals surface area contributed by atoms with Gasteiger partial charge in [0.2, 0.25) is 5.91 Å². The van der Waals surface area contributed by atoms with Gasteiger partial charge in [-0.3, -0.25) is 14.5 Å². The van der Waals surface area contributed by atoms with Crippen LogP contribution in [0.25, 0.3) is 0 Å². The number of ether oxygens (including phenoxy) is 2. The standard InChI is InChI=1S/C16H24N2O2.C12H22N2O2/c19-14-20-11-10-18(12-15-6-2-1-3-7-15)13-16-8-4-5-9-17-16;1-4-13-7-9(2)12(15)14-11-5-10(6-11)8-16-3/h1-3,6-7,14,16-17H,4-5,8-13H2;7,10-11,13H,4-6,8H2,1-3H3,(H,14,15)/b;9-7-. The van der Waals surface area contributed by atoms with Crippen LogP contribution in [-0.4, -0.2) is 75.9 Å². The summed E-state index contributed by atoms with van der Waals surface area (Å²) in [6, 6.07) is 11.3. The van der Waals surface area contributed by atoms with Crippen molar-refractivity contribution in [1.82, 2.24) is 20.9 Å². The van der Waals surface area contributed by atoms with Crippen molar-refractivity contribution in [3.8, 4) is 0 Å². The van der Waals surface area contributed by atoms with Gasteiger partial charge in [-0.1, -0.05) is 36.8 Å². The molecule has 0 spiro atoms. The number of carbonyl (C=O) groups is 2. The Bertz CT molecular complexity index is 762. The maximum atomic E-state index is 11.7. The van der Waals surface area contributed by atoms with Gasteiger partial charge in [0.25, 0.3) is 6.47 Å². The highest BCUT2D eigenvalue weighted by Gasteiger charge is 2.30. The smallest absolute Gasteiger partial charge is 0.293 e. The van der Waals surface area contributed by atoms with Gasteiger partial charge >= 0.3 is 0 Å². The lowest BCUT2D eigenvalue weighted by molar-refractivity contribution is -0.129. The van der Waals surface area contributed by atoms with Crippen molar-refractivity contribution < 1.29 is 19.1 Å². The van der Waals surface area contributed by atoms with E-state index in [0.717, 1.165) is 57.7 Å². The fraction of sp³-hybridized carbons (Fsp3) is 0.643. The molecule has 202 valence electrons. The number of rotatable bonds is 14. The first-order valence-corrected chi connectivity index (χ1v) is 13.3. The molecule has 3 rings (SSSR count). The first-order chi connectivity index (χ1) is 17.5. The molecule has 1 atom stereocenters. The van der Waals surface area contributed by atoms with Crippen molar-refractivity contribution in [3.63, 3.8) is 0 Å². The molecule has 1 aromatic rings. The van der Waals surface area contributed by atoms with E-state index >= 15 is 0 Å². The Balaban J connectivity index is 0.000000261. The Labute approximate surface area is 217 Å². The summed E-state index contributed by atoms with van der Waals surface area (Å²) in [5.41, 5.74) is 2.03. The molecule has 1 unspecified atom stereocenters. The topological polar surface area (TPSA) is 91.9 Å². The van der Waals surface area contributed by atoms with Crippen molar-refractivity contribution in [2.45, 2.75) is 64.6 Å². The highest BCUT2D eigenvalue weighted by Crippen LogP contribution is 2.27. The van der Waals surface area contributed by atoms with Crippen molar-refractivity contribution in [1.29, 1.82) is 0 Å². The van der Waals surface area contributed by atoms with E-state index in [2.05, 4.69) is 45.1 Å². The summed E-state index contributed by atoms with van der Waals surface area (Å²) >= 11 is 0. The van der Waals surface area contributed by atoms with Gasteiger partial charge < -0.3 is 25.4 Å². The van der Waals surface area contributed by atoms with Crippen LogP contribution in [0.4, 0.5) is 0 Å². The van der Waals surface area contributed by atoms with Gasteiger partial charge in [0.1, 0.15) is 6.61 Å². The third-order valence-corrected chi connectivity index (χ3v) is 6.59. The molecule has 1 aromatic carbocycles. The van der Waals surface area contributed by atoms with E-state index in [1.807, 2.05) is 19.9 Å². The van der Waals surface area contributed by atoms with Gasteiger partial charge in [-0.2, -0.15) is 0 Å². The molecule has 1 saturated carbocycles. The maximum absolute atomic E-state index is 11.7. The predicted octanol–water partition coefficient (Wildman–Crippen LogP) is 2.84. The maximum Gasteiger partial charge on any atom is 0.293 e. The van der Waals surface area contributed by atoms with Crippen LogP contribution in [0.15, 0.2) is 42.1 Å². The number of methoxy groups -OCH3 is 1. The van der Waals surface area contributed by atoms with Gasteiger partial charge in [-0.15, -0.1) is 0 Å². The summed E-state index contributed by atoms with van der Waals surface area (Å²) in [5, 5.41) is 9.61. The van der Waals surface area contributed by atoms with Gasteiger partial charge in [0, 0.05) is 63.8 Å². The fourth-order valence-electron chi connectivity index (χ4n) is 4.54. The Morgan fingerprint density at radius 1 is 1.22 bits per heavy atom. The minimum absolute atomic E-state index is 0.0295. The number of hydrogen-bond donors (Lipinski definition) is 3. The van der Waals surface area contributed by atoms with Gasteiger partial charge in [-0.05, 0) is 57.6 Å². The summed E-state index contributed by atoms with van der Waals surface area (Å²) in [6.07, 6.45) is 7.66. The van der Waals surface area contributed by atoms with Crippen LogP contribution in [0, 0.1) is 5.92 Å². The zero-order valence-electron chi connectivity index (χ0n) is 22.3.